The molecule has 0 amide bonds. The summed E-state index contributed by atoms with van der Waals surface area (Å²) in [5.74, 6) is 1.81. The van der Waals surface area contributed by atoms with Gasteiger partial charge in [0.1, 0.15) is 17.3 Å². The minimum atomic E-state index is 0.583. The number of imidazole rings is 1. The van der Waals surface area contributed by atoms with Crippen LogP contribution in [0.5, 0.6) is 5.75 Å². The number of benzene rings is 1. The molecular weight excluding hydrogens is 250 g/mol. The topological polar surface area (TPSA) is 52.5 Å². The van der Waals surface area contributed by atoms with E-state index in [-0.39, 0.29) is 0 Å². The van der Waals surface area contributed by atoms with Gasteiger partial charge in [0, 0.05) is 18.2 Å². The summed E-state index contributed by atoms with van der Waals surface area (Å²) in [5.41, 5.74) is 8.69. The van der Waals surface area contributed by atoms with Crippen LogP contribution in [-0.2, 0) is 6.42 Å². The lowest BCUT2D eigenvalue weighted by molar-refractivity contribution is 0.416. The molecule has 0 unspecified atom stereocenters. The molecule has 2 heterocycles. The molecular formula is C16H17N3O. The molecule has 0 aliphatic carbocycles. The molecule has 2 N–H and O–H groups in total. The van der Waals surface area contributed by atoms with Crippen LogP contribution >= 0.6 is 0 Å². The molecule has 0 atom stereocenters. The summed E-state index contributed by atoms with van der Waals surface area (Å²) in [5, 5.41) is 0. The Bertz CT molecular complexity index is 733. The van der Waals surface area contributed by atoms with E-state index in [1.54, 1.807) is 7.11 Å². The number of methoxy groups -OCH3 is 1. The van der Waals surface area contributed by atoms with E-state index in [0.29, 0.717) is 6.54 Å². The van der Waals surface area contributed by atoms with Gasteiger partial charge < -0.3 is 14.9 Å². The number of hydrogen-bond donors (Lipinski definition) is 1. The standard InChI is InChI=1S/C16H17N3O/c1-20-14-8-3-2-6-12(14)16-13-7-4-5-11-19(13)15(18-16)9-10-17/h2-8,11H,9-10,17H2,1H3. The summed E-state index contributed by atoms with van der Waals surface area (Å²) in [6.07, 6.45) is 2.77. The predicted molar refractivity (Wildman–Crippen MR) is 79.9 cm³/mol. The zero-order valence-electron chi connectivity index (χ0n) is 11.4. The van der Waals surface area contributed by atoms with E-state index in [1.807, 2.05) is 42.6 Å². The first-order chi connectivity index (χ1) is 9.85. The highest BCUT2D eigenvalue weighted by Crippen LogP contribution is 2.32. The molecule has 2 aromatic heterocycles. The summed E-state index contributed by atoms with van der Waals surface area (Å²) in [7, 11) is 1.68. The van der Waals surface area contributed by atoms with Gasteiger partial charge in [-0.05, 0) is 30.8 Å². The van der Waals surface area contributed by atoms with Crippen LogP contribution in [0.15, 0.2) is 48.7 Å². The number of nitrogens with two attached hydrogens (primary N) is 1. The number of hydrogen-bond acceptors (Lipinski definition) is 3. The average Bonchev–Trinajstić information content (AvgIpc) is 2.87. The maximum Gasteiger partial charge on any atom is 0.128 e. The van der Waals surface area contributed by atoms with E-state index >= 15 is 0 Å². The van der Waals surface area contributed by atoms with Crippen LogP contribution in [-0.4, -0.2) is 23.0 Å². The lowest BCUT2D eigenvalue weighted by Crippen LogP contribution is -2.06. The Hall–Kier alpha value is -2.33. The predicted octanol–water partition coefficient (Wildman–Crippen LogP) is 2.51. The molecule has 0 fully saturated rings. The molecule has 0 spiro atoms. The Labute approximate surface area is 117 Å². The van der Waals surface area contributed by atoms with Gasteiger partial charge in [0.05, 0.1) is 12.6 Å². The van der Waals surface area contributed by atoms with Gasteiger partial charge in [-0.25, -0.2) is 4.98 Å². The smallest absolute Gasteiger partial charge is 0.128 e. The second-order valence-corrected chi connectivity index (χ2v) is 4.57. The maximum atomic E-state index is 5.68. The van der Waals surface area contributed by atoms with Gasteiger partial charge in [-0.15, -0.1) is 0 Å². The molecule has 0 bridgehead atoms. The highest BCUT2D eigenvalue weighted by Gasteiger charge is 2.14. The minimum absolute atomic E-state index is 0.583. The van der Waals surface area contributed by atoms with E-state index in [1.165, 1.54) is 0 Å². The number of pyridine rings is 1. The Balaban J connectivity index is 2.26. The van der Waals surface area contributed by atoms with Gasteiger partial charge in [-0.3, -0.25) is 0 Å². The van der Waals surface area contributed by atoms with Crippen LogP contribution in [0.1, 0.15) is 5.82 Å². The highest BCUT2D eigenvalue weighted by molar-refractivity contribution is 5.81. The number of fused-ring (bicyclic) bond motifs is 1. The second-order valence-electron chi connectivity index (χ2n) is 4.57. The Morgan fingerprint density at radius 1 is 1.15 bits per heavy atom. The van der Waals surface area contributed by atoms with Crippen molar-refractivity contribution in [2.75, 3.05) is 13.7 Å². The third-order valence-electron chi connectivity index (χ3n) is 3.35. The fourth-order valence-electron chi connectivity index (χ4n) is 2.45. The van der Waals surface area contributed by atoms with E-state index < -0.39 is 0 Å². The van der Waals surface area contributed by atoms with E-state index in [2.05, 4.69) is 10.5 Å². The van der Waals surface area contributed by atoms with Crippen LogP contribution in [0.25, 0.3) is 16.8 Å². The molecule has 102 valence electrons. The zero-order chi connectivity index (χ0) is 13.9. The Morgan fingerprint density at radius 2 is 1.95 bits per heavy atom. The van der Waals surface area contributed by atoms with Crippen molar-refractivity contribution in [3.05, 3.63) is 54.5 Å². The first kappa shape index (κ1) is 12.7. The Morgan fingerprint density at radius 3 is 2.75 bits per heavy atom. The lowest BCUT2D eigenvalue weighted by Gasteiger charge is -2.05. The van der Waals surface area contributed by atoms with Crippen LogP contribution in [0, 0.1) is 0 Å². The molecule has 4 nitrogen and oxygen atoms in total. The van der Waals surface area contributed by atoms with E-state index in [4.69, 9.17) is 15.5 Å². The second kappa shape index (κ2) is 5.35. The number of nitrogens with zero attached hydrogens (tertiary/aromatic N) is 2. The molecule has 20 heavy (non-hydrogen) atoms. The van der Waals surface area contributed by atoms with E-state index in [0.717, 1.165) is 34.8 Å². The molecule has 0 aliphatic rings. The third-order valence-corrected chi connectivity index (χ3v) is 3.35. The van der Waals surface area contributed by atoms with Gasteiger partial charge in [0.2, 0.25) is 0 Å². The van der Waals surface area contributed by atoms with Crippen LogP contribution < -0.4 is 10.5 Å². The molecule has 4 heteroatoms. The normalized spacial score (nSPS) is 10.9. The van der Waals surface area contributed by atoms with Crippen molar-refractivity contribution in [2.24, 2.45) is 5.73 Å². The quantitative estimate of drug-likeness (QED) is 0.790. The number of ether oxygens (including phenoxy) is 1. The number of para-hydroxylation sites is 1. The Kier molecular flexibility index (Phi) is 3.39. The molecule has 1 aromatic carbocycles. The molecule has 0 radical (unpaired) electrons. The van der Waals surface area contributed by atoms with Crippen molar-refractivity contribution in [1.29, 1.82) is 0 Å². The summed E-state index contributed by atoms with van der Waals surface area (Å²) in [6.45, 7) is 0.583. The average molecular weight is 267 g/mol. The van der Waals surface area contributed by atoms with Crippen molar-refractivity contribution in [1.82, 2.24) is 9.38 Å². The molecule has 0 saturated carbocycles. The fourth-order valence-corrected chi connectivity index (χ4v) is 2.45. The zero-order valence-corrected chi connectivity index (χ0v) is 11.4. The first-order valence-corrected chi connectivity index (χ1v) is 6.64. The SMILES string of the molecule is COc1ccccc1-c1nc(CCN)n2ccccc12. The van der Waals surface area contributed by atoms with Gasteiger partial charge >= 0.3 is 0 Å². The summed E-state index contributed by atoms with van der Waals surface area (Å²) in [4.78, 5) is 4.76. The largest absolute Gasteiger partial charge is 0.496 e. The van der Waals surface area contributed by atoms with Gasteiger partial charge in [-0.1, -0.05) is 18.2 Å². The van der Waals surface area contributed by atoms with Crippen LogP contribution in [0.2, 0.25) is 0 Å². The van der Waals surface area contributed by atoms with Gasteiger partial charge in [0.25, 0.3) is 0 Å². The van der Waals surface area contributed by atoms with Crippen molar-refractivity contribution < 1.29 is 4.74 Å². The fraction of sp³-hybridized carbons (Fsp3) is 0.188. The van der Waals surface area contributed by atoms with Crippen molar-refractivity contribution in [3.63, 3.8) is 0 Å². The summed E-state index contributed by atoms with van der Waals surface area (Å²) in [6, 6.07) is 14.0. The molecule has 0 saturated heterocycles. The first-order valence-electron chi connectivity index (χ1n) is 6.64. The van der Waals surface area contributed by atoms with Crippen molar-refractivity contribution in [2.45, 2.75) is 6.42 Å². The summed E-state index contributed by atoms with van der Waals surface area (Å²) >= 11 is 0. The van der Waals surface area contributed by atoms with Crippen molar-refractivity contribution in [3.8, 4) is 17.0 Å². The van der Waals surface area contributed by atoms with Crippen LogP contribution in [0.4, 0.5) is 0 Å². The van der Waals surface area contributed by atoms with Gasteiger partial charge in [0.15, 0.2) is 0 Å². The number of rotatable bonds is 4. The lowest BCUT2D eigenvalue weighted by atomic mass is 10.1. The summed E-state index contributed by atoms with van der Waals surface area (Å²) < 4.78 is 7.54. The van der Waals surface area contributed by atoms with Gasteiger partial charge in [-0.2, -0.15) is 0 Å². The maximum absolute atomic E-state index is 5.68. The van der Waals surface area contributed by atoms with Crippen molar-refractivity contribution >= 4 is 5.52 Å². The monoisotopic (exact) mass is 267 g/mol. The molecule has 0 aliphatic heterocycles. The van der Waals surface area contributed by atoms with E-state index in [9.17, 15) is 0 Å². The van der Waals surface area contributed by atoms with Crippen LogP contribution in [0.3, 0.4) is 0 Å². The minimum Gasteiger partial charge on any atom is -0.496 e. The molecule has 3 rings (SSSR count). The molecule has 3 aromatic rings. The third kappa shape index (κ3) is 2.04. The number of aromatic nitrogens is 2. The highest BCUT2D eigenvalue weighted by atomic mass is 16.5.